The van der Waals surface area contributed by atoms with Gasteiger partial charge in [0.25, 0.3) is 5.91 Å². The molecular weight excluding hydrogens is 405 g/mol. The van der Waals surface area contributed by atoms with E-state index in [0.717, 1.165) is 17.4 Å². The number of primary amides is 1. The van der Waals surface area contributed by atoms with Crippen LogP contribution in [0.25, 0.3) is 22.0 Å². The van der Waals surface area contributed by atoms with Crippen molar-refractivity contribution < 1.29 is 13.9 Å². The van der Waals surface area contributed by atoms with E-state index >= 15 is 0 Å². The van der Waals surface area contributed by atoms with Gasteiger partial charge in [-0.25, -0.2) is 9.37 Å². The second kappa shape index (κ2) is 10.0. The number of aromatic nitrogens is 1. The van der Waals surface area contributed by atoms with Gasteiger partial charge in [0.1, 0.15) is 17.3 Å². The molecule has 1 atom stereocenters. The summed E-state index contributed by atoms with van der Waals surface area (Å²) in [5.74, 6) is -0.492. The van der Waals surface area contributed by atoms with Crippen molar-refractivity contribution in [1.82, 2.24) is 4.98 Å². The highest BCUT2D eigenvalue weighted by molar-refractivity contribution is 6.01. The summed E-state index contributed by atoms with van der Waals surface area (Å²) in [5.41, 5.74) is 9.36. The monoisotopic (exact) mass is 431 g/mol. The predicted molar refractivity (Wildman–Crippen MR) is 128 cm³/mol. The number of halogens is 1. The van der Waals surface area contributed by atoms with E-state index in [9.17, 15) is 9.18 Å². The zero-order valence-electron chi connectivity index (χ0n) is 18.4. The molecule has 0 bridgehead atoms. The Kier molecular flexibility index (Phi) is 7.15. The number of fused-ring (bicyclic) bond motifs is 1. The molecule has 0 saturated carbocycles. The second-order valence-electron chi connectivity index (χ2n) is 7.68. The van der Waals surface area contributed by atoms with E-state index in [0.29, 0.717) is 22.4 Å². The Hall–Kier alpha value is -3.80. The van der Waals surface area contributed by atoms with Gasteiger partial charge < -0.3 is 10.5 Å². The minimum Gasteiger partial charge on any atom is -0.497 e. The number of hydrogen-bond donors (Lipinski definition) is 1. The van der Waals surface area contributed by atoms with E-state index in [2.05, 4.69) is 30.5 Å². The third-order valence-corrected chi connectivity index (χ3v) is 5.32. The van der Waals surface area contributed by atoms with Crippen molar-refractivity contribution in [3.05, 3.63) is 83.5 Å². The van der Waals surface area contributed by atoms with Crippen LogP contribution < -0.4 is 10.5 Å². The lowest BCUT2D eigenvalue weighted by molar-refractivity contribution is 0.0996. The third-order valence-electron chi connectivity index (χ3n) is 5.32. The third kappa shape index (κ3) is 5.09. The summed E-state index contributed by atoms with van der Waals surface area (Å²) in [6.45, 7) is 7.60. The molecule has 0 aliphatic carbocycles. The van der Waals surface area contributed by atoms with Crippen molar-refractivity contribution in [3.63, 3.8) is 0 Å². The summed E-state index contributed by atoms with van der Waals surface area (Å²) in [6, 6.07) is 12.0. The average molecular weight is 432 g/mol. The van der Waals surface area contributed by atoms with Crippen LogP contribution in [0.4, 0.5) is 4.39 Å². The smallest absolute Gasteiger partial charge is 0.267 e. The number of carbonyl (C=O) groups is 1. The highest BCUT2D eigenvalue weighted by atomic mass is 19.1. The van der Waals surface area contributed by atoms with E-state index in [-0.39, 0.29) is 11.6 Å². The highest BCUT2D eigenvalue weighted by Gasteiger charge is 2.16. The van der Waals surface area contributed by atoms with E-state index in [1.54, 1.807) is 18.3 Å². The molecule has 0 radical (unpaired) electrons. The van der Waals surface area contributed by atoms with Crippen molar-refractivity contribution in [3.8, 4) is 16.9 Å². The lowest BCUT2D eigenvalue weighted by Crippen LogP contribution is -2.13. The Morgan fingerprint density at radius 1 is 1.25 bits per heavy atom. The Balaban J connectivity index is 2.08. The normalized spacial score (nSPS) is 12.8. The first-order chi connectivity index (χ1) is 15.3. The number of aliphatic imine (C=N–C) groups is 1. The zero-order chi connectivity index (χ0) is 23.3. The van der Waals surface area contributed by atoms with Crippen LogP contribution in [0.5, 0.6) is 5.75 Å². The summed E-state index contributed by atoms with van der Waals surface area (Å²) in [7, 11) is 1.48. The van der Waals surface area contributed by atoms with Crippen LogP contribution in [0.2, 0.25) is 0 Å². The van der Waals surface area contributed by atoms with Gasteiger partial charge in [-0.3, -0.25) is 9.79 Å². The van der Waals surface area contributed by atoms with E-state index < -0.39 is 11.7 Å². The molecule has 0 saturated heterocycles. The Morgan fingerprint density at radius 3 is 2.69 bits per heavy atom. The Bertz CT molecular complexity index is 1230. The maximum atomic E-state index is 14.8. The summed E-state index contributed by atoms with van der Waals surface area (Å²) >= 11 is 0. The van der Waals surface area contributed by atoms with Crippen molar-refractivity contribution in [2.24, 2.45) is 10.7 Å². The van der Waals surface area contributed by atoms with Gasteiger partial charge in [-0.15, -0.1) is 0 Å². The molecule has 0 aliphatic rings. The largest absolute Gasteiger partial charge is 0.497 e. The molecule has 0 spiro atoms. The molecule has 1 unspecified atom stereocenters. The number of pyridine rings is 1. The van der Waals surface area contributed by atoms with E-state index in [4.69, 9.17) is 10.5 Å². The predicted octanol–water partition coefficient (Wildman–Crippen LogP) is 5.80. The molecule has 1 aromatic heterocycles. The molecule has 2 N–H and O–H groups in total. The molecule has 1 heterocycles. The fourth-order valence-electron chi connectivity index (χ4n) is 3.68. The maximum Gasteiger partial charge on any atom is 0.267 e. The van der Waals surface area contributed by atoms with Crippen LogP contribution in [-0.2, 0) is 0 Å². The Labute approximate surface area is 187 Å². The number of hydrogen-bond acceptors (Lipinski definition) is 4. The molecule has 164 valence electrons. The number of allylic oxidation sites excluding steroid dienone is 3. The van der Waals surface area contributed by atoms with Crippen LogP contribution in [0.1, 0.15) is 42.2 Å². The lowest BCUT2D eigenvalue weighted by Gasteiger charge is -2.15. The summed E-state index contributed by atoms with van der Waals surface area (Å²) < 4.78 is 19.9. The molecule has 3 rings (SSSR count). The molecule has 6 heteroatoms. The van der Waals surface area contributed by atoms with Gasteiger partial charge in [0.15, 0.2) is 0 Å². The van der Waals surface area contributed by atoms with E-state index in [1.807, 2.05) is 30.4 Å². The standard InChI is InChI=1S/C26H26FN3O2/c1-16(6-5-11-29-3)12-17(2)18-7-9-21-22(15-25(26(28)31)30-24(21)13-18)20-10-8-19(32-4)14-23(20)27/h5-11,13-15,17H,3,12H2,1-2,4H3,(H2,28,31)/b11-5-,16-6+. The number of benzene rings is 2. The molecular formula is C26H26FN3O2. The number of ether oxygens (including phenoxy) is 1. The van der Waals surface area contributed by atoms with E-state index in [1.165, 1.54) is 24.8 Å². The van der Waals surface area contributed by atoms with Gasteiger partial charge in [0.2, 0.25) is 0 Å². The second-order valence-corrected chi connectivity index (χ2v) is 7.68. The van der Waals surface area contributed by atoms with Crippen LogP contribution in [0.3, 0.4) is 0 Å². The number of rotatable bonds is 8. The first-order valence-electron chi connectivity index (χ1n) is 10.2. The van der Waals surface area contributed by atoms with Gasteiger partial charge in [0.05, 0.1) is 12.6 Å². The number of nitrogens with two attached hydrogens (primary N) is 1. The summed E-state index contributed by atoms with van der Waals surface area (Å²) in [4.78, 5) is 20.1. The van der Waals surface area contributed by atoms with Crippen LogP contribution in [0, 0.1) is 5.82 Å². The quantitative estimate of drug-likeness (QED) is 0.361. The zero-order valence-corrected chi connectivity index (χ0v) is 18.4. The minimum atomic E-state index is -0.665. The van der Waals surface area contributed by atoms with Gasteiger partial charge in [0, 0.05) is 23.2 Å². The maximum absolute atomic E-state index is 14.8. The Morgan fingerprint density at radius 2 is 2.03 bits per heavy atom. The van der Waals surface area contributed by atoms with Crippen LogP contribution >= 0.6 is 0 Å². The van der Waals surface area contributed by atoms with Crippen molar-refractivity contribution >= 4 is 23.5 Å². The van der Waals surface area contributed by atoms with Gasteiger partial charge >= 0.3 is 0 Å². The van der Waals surface area contributed by atoms with Gasteiger partial charge in [-0.05, 0) is 67.4 Å². The van der Waals surface area contributed by atoms with Crippen molar-refractivity contribution in [2.45, 2.75) is 26.2 Å². The number of nitrogens with zero attached hydrogens (tertiary/aromatic N) is 2. The SMILES string of the molecule is C=N/C=C\C=C(/C)CC(C)c1ccc2c(-c3ccc(OC)cc3F)cc(C(N)=O)nc2c1. The molecule has 3 aromatic rings. The summed E-state index contributed by atoms with van der Waals surface area (Å²) in [5, 5.41) is 0.738. The average Bonchev–Trinajstić information content (AvgIpc) is 2.78. The molecule has 5 nitrogen and oxygen atoms in total. The fraction of sp³-hybridized carbons (Fsp3) is 0.192. The van der Waals surface area contributed by atoms with Crippen molar-refractivity contribution in [2.75, 3.05) is 7.11 Å². The summed E-state index contributed by atoms with van der Waals surface area (Å²) in [6.07, 6.45) is 6.33. The first kappa shape index (κ1) is 22.9. The van der Waals surface area contributed by atoms with Gasteiger partial charge in [-0.1, -0.05) is 30.7 Å². The molecule has 0 aliphatic heterocycles. The molecule has 32 heavy (non-hydrogen) atoms. The fourth-order valence-corrected chi connectivity index (χ4v) is 3.68. The topological polar surface area (TPSA) is 77.6 Å². The minimum absolute atomic E-state index is 0.0886. The first-order valence-corrected chi connectivity index (χ1v) is 10.2. The van der Waals surface area contributed by atoms with Crippen LogP contribution in [0.15, 0.2) is 71.4 Å². The van der Waals surface area contributed by atoms with Crippen LogP contribution in [-0.4, -0.2) is 24.7 Å². The number of carbonyl (C=O) groups excluding carboxylic acids is 1. The molecule has 1 amide bonds. The molecule has 2 aromatic carbocycles. The molecule has 0 fully saturated rings. The number of methoxy groups -OCH3 is 1. The lowest BCUT2D eigenvalue weighted by atomic mass is 9.91. The number of amides is 1. The highest BCUT2D eigenvalue weighted by Crippen LogP contribution is 2.34. The van der Waals surface area contributed by atoms with Crippen molar-refractivity contribution in [1.29, 1.82) is 0 Å². The van der Waals surface area contributed by atoms with Gasteiger partial charge in [-0.2, -0.15) is 0 Å².